The van der Waals surface area contributed by atoms with Crippen LogP contribution in [0.25, 0.3) is 0 Å². The highest BCUT2D eigenvalue weighted by Gasteiger charge is 2.20. The van der Waals surface area contributed by atoms with Crippen LogP contribution in [0.15, 0.2) is 30.3 Å². The zero-order chi connectivity index (χ0) is 26.0. The van der Waals surface area contributed by atoms with Gasteiger partial charge in [0.1, 0.15) is 11.5 Å². The molecule has 0 spiro atoms. The summed E-state index contributed by atoms with van der Waals surface area (Å²) in [5, 5.41) is 24.9. The van der Waals surface area contributed by atoms with Crippen LogP contribution >= 0.6 is 0 Å². The second-order valence-electron chi connectivity index (χ2n) is 7.69. The van der Waals surface area contributed by atoms with Crippen molar-refractivity contribution in [2.24, 2.45) is 0 Å². The maximum absolute atomic E-state index is 10.1. The number of benzene rings is 2. The smallest absolute Gasteiger partial charge is 0.414 e. The minimum absolute atomic E-state index is 0.0378. The normalized spacial score (nSPS) is 13.8. The van der Waals surface area contributed by atoms with Crippen molar-refractivity contribution >= 4 is 11.9 Å². The number of carbonyl (C=O) groups is 2. The van der Waals surface area contributed by atoms with Gasteiger partial charge >= 0.3 is 11.9 Å². The van der Waals surface area contributed by atoms with Crippen molar-refractivity contribution in [3.05, 3.63) is 41.5 Å². The fourth-order valence-corrected chi connectivity index (χ4v) is 3.65. The Morgan fingerprint density at radius 1 is 0.743 bits per heavy atom. The van der Waals surface area contributed by atoms with Crippen molar-refractivity contribution in [3.8, 4) is 28.7 Å². The van der Waals surface area contributed by atoms with Crippen LogP contribution in [-0.2, 0) is 22.7 Å². The number of rotatable bonds is 8. The summed E-state index contributed by atoms with van der Waals surface area (Å²) < 4.78 is 21.4. The van der Waals surface area contributed by atoms with Crippen molar-refractivity contribution in [2.75, 3.05) is 54.6 Å². The van der Waals surface area contributed by atoms with E-state index in [2.05, 4.69) is 9.80 Å². The lowest BCUT2D eigenvalue weighted by molar-refractivity contribution is -0.159. The first kappa shape index (κ1) is 27.5. The molecule has 3 rings (SSSR count). The first-order valence-electron chi connectivity index (χ1n) is 10.8. The van der Waals surface area contributed by atoms with Crippen LogP contribution in [0.1, 0.15) is 11.1 Å². The van der Waals surface area contributed by atoms with Gasteiger partial charge in [-0.15, -0.1) is 0 Å². The summed E-state index contributed by atoms with van der Waals surface area (Å²) in [6, 6.07) is 9.65. The first-order chi connectivity index (χ1) is 16.7. The van der Waals surface area contributed by atoms with Crippen LogP contribution in [0.4, 0.5) is 0 Å². The number of aromatic hydroxyl groups is 1. The molecule has 2 aromatic rings. The quantitative estimate of drug-likeness (QED) is 0.466. The number of hydrogen-bond donors (Lipinski definition) is 3. The van der Waals surface area contributed by atoms with E-state index in [-0.39, 0.29) is 5.75 Å². The molecular formula is C24H32N2O9. The Kier molecular flexibility index (Phi) is 10.4. The molecule has 1 saturated heterocycles. The molecule has 1 fully saturated rings. The second kappa shape index (κ2) is 13.3. The third-order valence-corrected chi connectivity index (χ3v) is 5.48. The van der Waals surface area contributed by atoms with Crippen LogP contribution in [0.2, 0.25) is 0 Å². The largest absolute Gasteiger partial charge is 0.502 e. The molecule has 1 heterocycles. The molecule has 0 unspecified atom stereocenters. The van der Waals surface area contributed by atoms with Crippen molar-refractivity contribution in [2.45, 2.75) is 13.1 Å². The maximum atomic E-state index is 10.1. The Balaban J connectivity index is 0.000000641. The molecule has 0 aliphatic carbocycles. The van der Waals surface area contributed by atoms with Gasteiger partial charge in [0.25, 0.3) is 0 Å². The molecular weight excluding hydrogens is 460 g/mol. The highest BCUT2D eigenvalue weighted by Crippen LogP contribution is 2.37. The minimum atomic E-state index is -1.82. The van der Waals surface area contributed by atoms with Gasteiger partial charge < -0.3 is 34.3 Å². The molecule has 0 bridgehead atoms. The van der Waals surface area contributed by atoms with E-state index >= 15 is 0 Å². The fourth-order valence-electron chi connectivity index (χ4n) is 3.65. The maximum Gasteiger partial charge on any atom is 0.414 e. The number of piperazine rings is 1. The van der Waals surface area contributed by atoms with Crippen molar-refractivity contribution in [1.82, 2.24) is 9.80 Å². The van der Waals surface area contributed by atoms with Crippen molar-refractivity contribution in [3.63, 3.8) is 0 Å². The van der Waals surface area contributed by atoms with Gasteiger partial charge in [-0.1, -0.05) is 0 Å². The lowest BCUT2D eigenvalue weighted by Gasteiger charge is -2.35. The predicted octanol–water partition coefficient (Wildman–Crippen LogP) is 1.90. The molecule has 3 N–H and O–H groups in total. The molecule has 11 heteroatoms. The summed E-state index contributed by atoms with van der Waals surface area (Å²) in [6.07, 6.45) is 0. The molecule has 0 aromatic heterocycles. The molecule has 11 nitrogen and oxygen atoms in total. The molecule has 1 aliphatic rings. The zero-order valence-electron chi connectivity index (χ0n) is 20.3. The molecule has 0 amide bonds. The molecule has 0 atom stereocenters. The molecule has 0 saturated carbocycles. The monoisotopic (exact) mass is 492 g/mol. The van der Waals surface area contributed by atoms with E-state index in [1.54, 1.807) is 28.4 Å². The van der Waals surface area contributed by atoms with Gasteiger partial charge in [-0.05, 0) is 35.9 Å². The van der Waals surface area contributed by atoms with Gasteiger partial charge in [-0.25, -0.2) is 9.59 Å². The van der Waals surface area contributed by atoms with Gasteiger partial charge in [0.2, 0.25) is 5.75 Å². The number of hydrogen-bond acceptors (Lipinski definition) is 9. The summed E-state index contributed by atoms with van der Waals surface area (Å²) in [4.78, 5) is 23.0. The van der Waals surface area contributed by atoms with Gasteiger partial charge in [-0.3, -0.25) is 9.80 Å². The number of carboxylic acids is 2. The van der Waals surface area contributed by atoms with Gasteiger partial charge in [0, 0.05) is 44.8 Å². The standard InChI is InChI=1S/C22H30N2O5.C2H2O4/c1-26-18-5-6-19(27-2)17(13-18)15-24-9-7-23(8-10-24)14-16-11-20(28-3)22(25)21(12-16)29-4;3-1(4)2(5)6/h5-6,11-13,25H,7-10,14-15H2,1-4H3;(H,3,4)(H,5,6). The van der Waals surface area contributed by atoms with Gasteiger partial charge in [0.15, 0.2) is 11.5 Å². The second-order valence-corrected chi connectivity index (χ2v) is 7.69. The van der Waals surface area contributed by atoms with E-state index in [1.807, 2.05) is 30.3 Å². The number of aliphatic carboxylic acids is 2. The Morgan fingerprint density at radius 3 is 1.66 bits per heavy atom. The third-order valence-electron chi connectivity index (χ3n) is 5.48. The molecule has 1 aliphatic heterocycles. The lowest BCUT2D eigenvalue weighted by atomic mass is 10.1. The summed E-state index contributed by atoms with van der Waals surface area (Å²) in [5.74, 6) is -1.02. The van der Waals surface area contributed by atoms with E-state index in [0.29, 0.717) is 11.5 Å². The molecule has 2 aromatic carbocycles. The minimum Gasteiger partial charge on any atom is -0.502 e. The average Bonchev–Trinajstić information content (AvgIpc) is 2.86. The summed E-state index contributed by atoms with van der Waals surface area (Å²) in [5.41, 5.74) is 2.19. The van der Waals surface area contributed by atoms with E-state index in [4.69, 9.17) is 38.7 Å². The van der Waals surface area contributed by atoms with Crippen molar-refractivity contribution in [1.29, 1.82) is 0 Å². The third kappa shape index (κ3) is 7.94. The number of phenols is 1. The molecule has 35 heavy (non-hydrogen) atoms. The SMILES string of the molecule is COc1ccc(OC)c(CN2CCN(Cc3cc(OC)c(O)c(OC)c3)CC2)c1.O=C(O)C(=O)O. The average molecular weight is 493 g/mol. The number of nitrogens with zero attached hydrogens (tertiary/aromatic N) is 2. The first-order valence-corrected chi connectivity index (χ1v) is 10.8. The highest BCUT2D eigenvalue weighted by atomic mass is 16.5. The van der Waals surface area contributed by atoms with Crippen molar-refractivity contribution < 1.29 is 43.9 Å². The Hall–Kier alpha value is -3.70. The number of methoxy groups -OCH3 is 4. The Morgan fingerprint density at radius 2 is 1.23 bits per heavy atom. The summed E-state index contributed by atoms with van der Waals surface area (Å²) in [6.45, 7) is 5.45. The van der Waals surface area contributed by atoms with Crippen LogP contribution in [0, 0.1) is 0 Å². The predicted molar refractivity (Wildman–Crippen MR) is 127 cm³/mol. The van der Waals surface area contributed by atoms with E-state index in [9.17, 15) is 5.11 Å². The van der Waals surface area contributed by atoms with Gasteiger partial charge in [-0.2, -0.15) is 0 Å². The number of phenolic OH excluding ortho intramolecular Hbond substituents is 1. The van der Waals surface area contributed by atoms with Crippen LogP contribution in [0.3, 0.4) is 0 Å². The fraction of sp³-hybridized carbons (Fsp3) is 0.417. The lowest BCUT2D eigenvalue weighted by Crippen LogP contribution is -2.45. The summed E-state index contributed by atoms with van der Waals surface area (Å²) >= 11 is 0. The highest BCUT2D eigenvalue weighted by molar-refractivity contribution is 6.27. The van der Waals surface area contributed by atoms with Crippen LogP contribution in [-0.4, -0.2) is 91.7 Å². The van der Waals surface area contributed by atoms with Crippen LogP contribution in [0.5, 0.6) is 28.7 Å². The van der Waals surface area contributed by atoms with E-state index < -0.39 is 11.9 Å². The Labute approximate surface area is 204 Å². The van der Waals surface area contributed by atoms with E-state index in [0.717, 1.165) is 61.9 Å². The molecule has 0 radical (unpaired) electrons. The topological polar surface area (TPSA) is 138 Å². The molecule has 192 valence electrons. The van der Waals surface area contributed by atoms with Gasteiger partial charge in [0.05, 0.1) is 28.4 Å². The zero-order valence-corrected chi connectivity index (χ0v) is 20.3. The summed E-state index contributed by atoms with van der Waals surface area (Å²) in [7, 11) is 6.47. The number of carboxylic acid groups (broad SMARTS) is 2. The number of ether oxygens (including phenoxy) is 4. The van der Waals surface area contributed by atoms with E-state index in [1.165, 1.54) is 0 Å². The van der Waals surface area contributed by atoms with Crippen LogP contribution < -0.4 is 18.9 Å². The Bertz CT molecular complexity index is 967.